The second kappa shape index (κ2) is 2.52. The Bertz CT molecular complexity index is 238. The first-order valence-corrected chi connectivity index (χ1v) is 3.01. The molecule has 1 N–H and O–H groups in total. The first-order chi connectivity index (χ1) is 4.70. The van der Waals surface area contributed by atoms with Crippen LogP contribution in [0.2, 0.25) is 0 Å². The number of rotatable bonds is 1. The maximum atomic E-state index is 8.80. The van der Waals surface area contributed by atoms with Crippen molar-refractivity contribution in [3.63, 3.8) is 0 Å². The van der Waals surface area contributed by atoms with Crippen molar-refractivity contribution in [1.29, 1.82) is 0 Å². The van der Waals surface area contributed by atoms with Crippen molar-refractivity contribution in [2.24, 2.45) is 0 Å². The third-order valence-corrected chi connectivity index (χ3v) is 1.24. The van der Waals surface area contributed by atoms with E-state index in [2.05, 4.69) is 11.6 Å². The zero-order valence-corrected chi connectivity index (χ0v) is 5.83. The second-order valence-corrected chi connectivity index (χ2v) is 2.19. The van der Waals surface area contributed by atoms with Crippen LogP contribution in [-0.2, 0) is 0 Å². The van der Waals surface area contributed by atoms with Crippen LogP contribution in [0.4, 0.5) is 0 Å². The summed E-state index contributed by atoms with van der Waals surface area (Å²) in [7, 11) is 0. The molecular weight excluding hydrogens is 126 g/mol. The summed E-state index contributed by atoms with van der Waals surface area (Å²) in [4.78, 5) is 3.70. The average Bonchev–Trinajstić information content (AvgIpc) is 1.88. The summed E-state index contributed by atoms with van der Waals surface area (Å²) in [6, 6.07) is 3.33. The topological polar surface area (TPSA) is 33.1 Å². The van der Waals surface area contributed by atoms with E-state index in [9.17, 15) is 0 Å². The Labute approximate surface area is 59.9 Å². The monoisotopic (exact) mass is 135 g/mol. The number of aromatic hydroxyl groups is 1. The molecule has 10 heavy (non-hydrogen) atoms. The minimum Gasteiger partial charge on any atom is -0.493 e. The molecule has 52 valence electrons. The van der Waals surface area contributed by atoms with Crippen LogP contribution in [0.25, 0.3) is 5.57 Å². The van der Waals surface area contributed by atoms with E-state index in [4.69, 9.17) is 5.11 Å². The van der Waals surface area contributed by atoms with Gasteiger partial charge in [-0.15, -0.1) is 0 Å². The lowest BCUT2D eigenvalue weighted by molar-refractivity contribution is 0.453. The molecule has 1 heterocycles. The van der Waals surface area contributed by atoms with Crippen molar-refractivity contribution in [3.05, 3.63) is 30.5 Å². The number of hydrogen-bond acceptors (Lipinski definition) is 2. The Hall–Kier alpha value is -1.31. The molecular formula is C8H9NO. The molecule has 2 nitrogen and oxygen atoms in total. The molecule has 0 radical (unpaired) electrons. The fraction of sp³-hybridized carbons (Fsp3) is 0.125. The minimum atomic E-state index is 0.0463. The molecule has 0 aromatic carbocycles. The molecule has 1 rings (SSSR count). The molecule has 0 saturated carbocycles. The average molecular weight is 135 g/mol. The lowest BCUT2D eigenvalue weighted by atomic mass is 10.2. The third-order valence-electron chi connectivity index (χ3n) is 1.24. The Morgan fingerprint density at radius 1 is 1.60 bits per heavy atom. The molecule has 0 amide bonds. The van der Waals surface area contributed by atoms with E-state index < -0.39 is 0 Å². The molecule has 0 aliphatic rings. The van der Waals surface area contributed by atoms with E-state index in [0.717, 1.165) is 11.1 Å². The third kappa shape index (κ3) is 1.35. The van der Waals surface area contributed by atoms with Gasteiger partial charge in [0, 0.05) is 12.3 Å². The van der Waals surface area contributed by atoms with E-state index in [1.54, 1.807) is 18.3 Å². The summed E-state index contributed by atoms with van der Waals surface area (Å²) in [5.74, 6) is 0.0463. The van der Waals surface area contributed by atoms with Gasteiger partial charge in [-0.05, 0) is 24.1 Å². The van der Waals surface area contributed by atoms with E-state index in [1.165, 1.54) is 0 Å². The molecule has 0 spiro atoms. The number of pyridine rings is 1. The number of aromatic nitrogens is 1. The lowest BCUT2D eigenvalue weighted by Crippen LogP contribution is -1.79. The first-order valence-electron chi connectivity index (χ1n) is 3.01. The molecule has 2 heteroatoms. The SMILES string of the molecule is C=C(C)c1ccc(O)nc1. The second-order valence-electron chi connectivity index (χ2n) is 2.19. The molecule has 1 aromatic heterocycles. The molecule has 0 atom stereocenters. The van der Waals surface area contributed by atoms with Gasteiger partial charge in [0.2, 0.25) is 5.88 Å². The molecule has 0 aliphatic heterocycles. The standard InChI is InChI=1S/C8H9NO/c1-6(2)7-3-4-8(10)9-5-7/h3-5H,1H2,2H3,(H,9,10). The highest BCUT2D eigenvalue weighted by atomic mass is 16.3. The number of allylic oxidation sites excluding steroid dienone is 1. The summed E-state index contributed by atoms with van der Waals surface area (Å²) < 4.78 is 0. The van der Waals surface area contributed by atoms with Gasteiger partial charge in [0.1, 0.15) is 0 Å². The van der Waals surface area contributed by atoms with Crippen molar-refractivity contribution in [2.45, 2.75) is 6.92 Å². The molecule has 0 fully saturated rings. The van der Waals surface area contributed by atoms with Gasteiger partial charge in [-0.2, -0.15) is 0 Å². The van der Waals surface area contributed by atoms with Gasteiger partial charge in [0.15, 0.2) is 0 Å². The van der Waals surface area contributed by atoms with E-state index in [1.807, 2.05) is 6.92 Å². The maximum Gasteiger partial charge on any atom is 0.210 e. The molecule has 0 unspecified atom stereocenters. The summed E-state index contributed by atoms with van der Waals surface area (Å²) >= 11 is 0. The molecule has 1 aromatic rings. The van der Waals surface area contributed by atoms with Crippen LogP contribution < -0.4 is 0 Å². The van der Waals surface area contributed by atoms with Crippen molar-refractivity contribution in [3.8, 4) is 5.88 Å². The Kier molecular flexibility index (Phi) is 1.71. The first kappa shape index (κ1) is 6.81. The fourth-order valence-corrected chi connectivity index (χ4v) is 0.639. The molecule has 0 aliphatic carbocycles. The van der Waals surface area contributed by atoms with Gasteiger partial charge < -0.3 is 5.11 Å². The lowest BCUT2D eigenvalue weighted by Gasteiger charge is -1.96. The normalized spacial score (nSPS) is 9.30. The van der Waals surface area contributed by atoms with E-state index in [-0.39, 0.29) is 5.88 Å². The van der Waals surface area contributed by atoms with Crippen molar-refractivity contribution < 1.29 is 5.11 Å². The van der Waals surface area contributed by atoms with Crippen LogP contribution in [0.15, 0.2) is 24.9 Å². The summed E-state index contributed by atoms with van der Waals surface area (Å²) in [6.45, 7) is 5.63. The number of nitrogens with zero attached hydrogens (tertiary/aromatic N) is 1. The van der Waals surface area contributed by atoms with Gasteiger partial charge >= 0.3 is 0 Å². The van der Waals surface area contributed by atoms with Crippen molar-refractivity contribution in [1.82, 2.24) is 4.98 Å². The fourth-order valence-electron chi connectivity index (χ4n) is 0.639. The van der Waals surface area contributed by atoms with Crippen molar-refractivity contribution >= 4 is 5.57 Å². The van der Waals surface area contributed by atoms with Crippen LogP contribution in [0.1, 0.15) is 12.5 Å². The van der Waals surface area contributed by atoms with Gasteiger partial charge in [0.05, 0.1) is 0 Å². The summed E-state index contributed by atoms with van der Waals surface area (Å²) in [6.07, 6.45) is 1.59. The number of hydrogen-bond donors (Lipinski definition) is 1. The maximum absolute atomic E-state index is 8.80. The zero-order chi connectivity index (χ0) is 7.56. The van der Waals surface area contributed by atoms with E-state index >= 15 is 0 Å². The van der Waals surface area contributed by atoms with Gasteiger partial charge in [-0.1, -0.05) is 6.58 Å². The predicted octanol–water partition coefficient (Wildman–Crippen LogP) is 1.82. The van der Waals surface area contributed by atoms with Crippen LogP contribution in [0.5, 0.6) is 5.88 Å². The Morgan fingerprint density at radius 2 is 2.30 bits per heavy atom. The summed E-state index contributed by atoms with van der Waals surface area (Å²) in [5, 5.41) is 8.80. The largest absolute Gasteiger partial charge is 0.493 e. The van der Waals surface area contributed by atoms with Crippen molar-refractivity contribution in [2.75, 3.05) is 0 Å². The van der Waals surface area contributed by atoms with Gasteiger partial charge in [0.25, 0.3) is 0 Å². The summed E-state index contributed by atoms with van der Waals surface area (Å²) in [5.41, 5.74) is 1.91. The Balaban J connectivity index is 3.00. The van der Waals surface area contributed by atoms with Crippen LogP contribution >= 0.6 is 0 Å². The molecule has 0 bridgehead atoms. The molecule has 0 saturated heterocycles. The van der Waals surface area contributed by atoms with E-state index in [0.29, 0.717) is 0 Å². The van der Waals surface area contributed by atoms with Crippen LogP contribution in [0, 0.1) is 0 Å². The van der Waals surface area contributed by atoms with Crippen LogP contribution in [0.3, 0.4) is 0 Å². The predicted molar refractivity (Wildman–Crippen MR) is 40.6 cm³/mol. The Morgan fingerprint density at radius 3 is 2.70 bits per heavy atom. The zero-order valence-electron chi connectivity index (χ0n) is 5.83. The highest BCUT2D eigenvalue weighted by Gasteiger charge is 1.92. The van der Waals surface area contributed by atoms with Gasteiger partial charge in [-0.25, -0.2) is 4.98 Å². The minimum absolute atomic E-state index is 0.0463. The quantitative estimate of drug-likeness (QED) is 0.637. The van der Waals surface area contributed by atoms with Crippen LogP contribution in [-0.4, -0.2) is 10.1 Å². The smallest absolute Gasteiger partial charge is 0.210 e. The highest BCUT2D eigenvalue weighted by molar-refractivity contribution is 5.60. The van der Waals surface area contributed by atoms with Gasteiger partial charge in [-0.3, -0.25) is 0 Å². The highest BCUT2D eigenvalue weighted by Crippen LogP contribution is 2.11.